The molecule has 0 heterocycles. The summed E-state index contributed by atoms with van der Waals surface area (Å²) >= 11 is 0. The number of quaternary nitrogens is 1. The molecule has 2 heteroatoms. The molecule has 3 rings (SSSR count). The van der Waals surface area contributed by atoms with E-state index < -0.39 is 0 Å². The van der Waals surface area contributed by atoms with Gasteiger partial charge in [-0.25, -0.2) is 0 Å². The summed E-state index contributed by atoms with van der Waals surface area (Å²) in [6.45, 7) is 9.86. The van der Waals surface area contributed by atoms with Gasteiger partial charge in [-0.1, -0.05) is 72.8 Å². The average molecular weight is 417 g/mol. The van der Waals surface area contributed by atoms with Gasteiger partial charge in [-0.05, 0) is 55.5 Å². The van der Waals surface area contributed by atoms with Gasteiger partial charge in [-0.3, -0.25) is 0 Å². The molecule has 0 amide bonds. The van der Waals surface area contributed by atoms with Gasteiger partial charge >= 0.3 is 0 Å². The highest BCUT2D eigenvalue weighted by Gasteiger charge is 2.24. The maximum absolute atomic E-state index is 6.16. The van der Waals surface area contributed by atoms with Gasteiger partial charge in [0.25, 0.3) is 0 Å². The summed E-state index contributed by atoms with van der Waals surface area (Å²) in [6.07, 6.45) is 4.73. The monoisotopic (exact) mass is 416 g/mol. The van der Waals surface area contributed by atoms with Gasteiger partial charge in [-0.2, -0.15) is 0 Å². The predicted octanol–water partition coefficient (Wildman–Crippen LogP) is 6.48. The van der Waals surface area contributed by atoms with Gasteiger partial charge in [0, 0.05) is 12.8 Å². The molecule has 3 aromatic carbocycles. The van der Waals surface area contributed by atoms with Crippen LogP contribution < -0.4 is 4.74 Å². The molecule has 0 bridgehead atoms. The molecule has 0 saturated heterocycles. The van der Waals surface area contributed by atoms with Crippen LogP contribution in [0.25, 0.3) is 0 Å². The van der Waals surface area contributed by atoms with Gasteiger partial charge in [0.05, 0.1) is 19.6 Å². The topological polar surface area (TPSA) is 9.23 Å². The molecule has 2 nitrogen and oxygen atoms in total. The molecule has 0 fully saturated rings. The fraction of sp³-hybridized carbons (Fsp3) is 0.379. The summed E-state index contributed by atoms with van der Waals surface area (Å²) < 4.78 is 7.29. The zero-order valence-electron chi connectivity index (χ0n) is 19.3. The van der Waals surface area contributed by atoms with Crippen LogP contribution in [0.1, 0.15) is 36.5 Å². The van der Waals surface area contributed by atoms with E-state index in [1.165, 1.54) is 42.6 Å². The minimum atomic E-state index is 0.772. The Morgan fingerprint density at radius 3 is 1.77 bits per heavy atom. The number of ether oxygens (including phenoxy) is 1. The van der Waals surface area contributed by atoms with Crippen LogP contribution in [0.15, 0.2) is 84.9 Å². The van der Waals surface area contributed by atoms with Crippen LogP contribution >= 0.6 is 0 Å². The first-order valence-electron chi connectivity index (χ1n) is 11.8. The number of nitrogens with zero attached hydrogens (tertiary/aromatic N) is 1. The lowest BCUT2D eigenvalue weighted by molar-refractivity contribution is -0.927. The summed E-state index contributed by atoms with van der Waals surface area (Å²) in [4.78, 5) is 0. The van der Waals surface area contributed by atoms with Gasteiger partial charge < -0.3 is 9.22 Å². The molecular weight excluding hydrogens is 378 g/mol. The number of hydrogen-bond donors (Lipinski definition) is 0. The fourth-order valence-corrected chi connectivity index (χ4v) is 4.40. The van der Waals surface area contributed by atoms with E-state index in [0.717, 1.165) is 42.8 Å². The van der Waals surface area contributed by atoms with E-state index in [1.54, 1.807) is 0 Å². The second-order valence-corrected chi connectivity index (χ2v) is 8.67. The molecule has 0 saturated carbocycles. The number of benzene rings is 3. The molecule has 3 aromatic rings. The van der Waals surface area contributed by atoms with E-state index in [4.69, 9.17) is 4.74 Å². The van der Waals surface area contributed by atoms with E-state index in [1.807, 2.05) is 0 Å². The molecule has 0 unspecified atom stereocenters. The number of likely N-dealkylation sites (N-methyl/N-ethyl adjacent to an activating group) is 1. The largest absolute Gasteiger partial charge is 0.488 e. The van der Waals surface area contributed by atoms with E-state index in [9.17, 15) is 0 Å². The first-order valence-corrected chi connectivity index (χ1v) is 11.8. The second kappa shape index (κ2) is 12.3. The Kier molecular flexibility index (Phi) is 9.17. The van der Waals surface area contributed by atoms with Crippen LogP contribution in [-0.2, 0) is 12.8 Å². The van der Waals surface area contributed by atoms with Crippen molar-refractivity contribution in [3.05, 3.63) is 102 Å². The third-order valence-corrected chi connectivity index (χ3v) is 6.38. The molecule has 0 aliphatic carbocycles. The molecule has 0 spiro atoms. The normalized spacial score (nSPS) is 11.4. The first-order chi connectivity index (χ1) is 15.2. The van der Waals surface area contributed by atoms with E-state index in [2.05, 4.69) is 98.8 Å². The van der Waals surface area contributed by atoms with Crippen LogP contribution in [-0.4, -0.2) is 37.3 Å². The lowest BCUT2D eigenvalue weighted by Crippen LogP contribution is -2.51. The highest BCUT2D eigenvalue weighted by molar-refractivity contribution is 5.27. The zero-order valence-corrected chi connectivity index (χ0v) is 19.3. The molecule has 0 radical (unpaired) electrons. The van der Waals surface area contributed by atoms with Crippen molar-refractivity contribution in [2.75, 3.05) is 32.8 Å². The minimum absolute atomic E-state index is 0.772. The molecule has 0 atom stereocenters. The summed E-state index contributed by atoms with van der Waals surface area (Å²) in [7, 11) is 0. The molecular formula is C29H38NO+. The van der Waals surface area contributed by atoms with Crippen LogP contribution in [0.2, 0.25) is 0 Å². The maximum atomic E-state index is 6.16. The SMILES string of the molecule is CC[N+](CCCc1ccccc1)(CCCc1ccccc1)CCOc1cccc(C)c1. The van der Waals surface area contributed by atoms with Crippen molar-refractivity contribution in [1.29, 1.82) is 0 Å². The molecule has 164 valence electrons. The van der Waals surface area contributed by atoms with Gasteiger partial charge in [0.1, 0.15) is 18.9 Å². The Morgan fingerprint density at radius 2 is 1.26 bits per heavy atom. The second-order valence-electron chi connectivity index (χ2n) is 8.67. The number of hydrogen-bond acceptors (Lipinski definition) is 1. The Bertz CT molecular complexity index is 830. The van der Waals surface area contributed by atoms with Crippen molar-refractivity contribution in [1.82, 2.24) is 0 Å². The summed E-state index contributed by atoms with van der Waals surface area (Å²) in [6, 6.07) is 30.2. The quantitative estimate of drug-likeness (QED) is 0.290. The highest BCUT2D eigenvalue weighted by atomic mass is 16.5. The summed E-state index contributed by atoms with van der Waals surface area (Å²) in [5, 5.41) is 0. The van der Waals surface area contributed by atoms with Gasteiger partial charge in [0.2, 0.25) is 0 Å². The van der Waals surface area contributed by atoms with Crippen LogP contribution in [0.5, 0.6) is 5.75 Å². The standard InChI is InChI=1S/C29H38NO/c1-3-30(21-11-18-27-14-6-4-7-15-27,22-12-19-28-16-8-5-9-17-28)23-24-31-29-20-10-13-26(2)25-29/h4-10,13-17,20,25H,3,11-12,18-19,21-24H2,1-2H3/q+1. The number of aryl methyl sites for hydroxylation is 3. The van der Waals surface area contributed by atoms with Crippen molar-refractivity contribution in [2.45, 2.75) is 39.5 Å². The molecule has 0 aliphatic rings. The van der Waals surface area contributed by atoms with Crippen molar-refractivity contribution < 1.29 is 9.22 Å². The van der Waals surface area contributed by atoms with Crippen molar-refractivity contribution in [3.8, 4) is 5.75 Å². The van der Waals surface area contributed by atoms with Crippen LogP contribution in [0.3, 0.4) is 0 Å². The molecule has 0 aromatic heterocycles. The van der Waals surface area contributed by atoms with Crippen LogP contribution in [0, 0.1) is 6.92 Å². The lowest BCUT2D eigenvalue weighted by atomic mass is 10.1. The van der Waals surface area contributed by atoms with Crippen molar-refractivity contribution >= 4 is 0 Å². The Morgan fingerprint density at radius 1 is 0.677 bits per heavy atom. The Labute approximate surface area is 189 Å². The van der Waals surface area contributed by atoms with Gasteiger partial charge in [0.15, 0.2) is 0 Å². The summed E-state index contributed by atoms with van der Waals surface area (Å²) in [5.41, 5.74) is 4.13. The van der Waals surface area contributed by atoms with E-state index >= 15 is 0 Å². The number of rotatable bonds is 13. The van der Waals surface area contributed by atoms with Crippen molar-refractivity contribution in [2.24, 2.45) is 0 Å². The highest BCUT2D eigenvalue weighted by Crippen LogP contribution is 2.17. The van der Waals surface area contributed by atoms with E-state index in [-0.39, 0.29) is 0 Å². The molecule has 0 aliphatic heterocycles. The lowest BCUT2D eigenvalue weighted by Gasteiger charge is -2.38. The average Bonchev–Trinajstić information content (AvgIpc) is 2.80. The van der Waals surface area contributed by atoms with Crippen molar-refractivity contribution in [3.63, 3.8) is 0 Å². The smallest absolute Gasteiger partial charge is 0.137 e. The van der Waals surface area contributed by atoms with Crippen LogP contribution in [0.4, 0.5) is 0 Å². The van der Waals surface area contributed by atoms with E-state index in [0.29, 0.717) is 0 Å². The molecule has 31 heavy (non-hydrogen) atoms. The third-order valence-electron chi connectivity index (χ3n) is 6.38. The summed E-state index contributed by atoms with van der Waals surface area (Å²) in [5.74, 6) is 0.989. The predicted molar refractivity (Wildman–Crippen MR) is 132 cm³/mol. The minimum Gasteiger partial charge on any atom is -0.488 e. The zero-order chi connectivity index (χ0) is 21.8. The Balaban J connectivity index is 1.58. The Hall–Kier alpha value is -2.58. The maximum Gasteiger partial charge on any atom is 0.137 e. The first kappa shape index (κ1) is 23.1. The van der Waals surface area contributed by atoms with Gasteiger partial charge in [-0.15, -0.1) is 0 Å². The fourth-order valence-electron chi connectivity index (χ4n) is 4.40. The third kappa shape index (κ3) is 7.88. The molecule has 0 N–H and O–H groups in total.